The first-order valence-corrected chi connectivity index (χ1v) is 4.96. The van der Waals surface area contributed by atoms with Crippen LogP contribution >= 0.6 is 12.6 Å². The second kappa shape index (κ2) is 3.66. The van der Waals surface area contributed by atoms with Gasteiger partial charge in [-0.15, -0.1) is 0 Å². The number of hydrogen-bond donors (Lipinski definition) is 1. The van der Waals surface area contributed by atoms with Crippen molar-refractivity contribution in [3.8, 4) is 0 Å². The number of hydrogen-bond acceptors (Lipinski definition) is 1. The van der Waals surface area contributed by atoms with Gasteiger partial charge >= 0.3 is 0 Å². The Labute approximate surface area is 75.5 Å². The minimum atomic E-state index is 0.597. The number of thiol groups is 1. The maximum Gasteiger partial charge on any atom is 0.00875 e. The molecule has 1 aliphatic rings. The van der Waals surface area contributed by atoms with E-state index in [0.29, 0.717) is 5.25 Å². The molecule has 0 spiro atoms. The van der Waals surface area contributed by atoms with Gasteiger partial charge in [-0.1, -0.05) is 25.5 Å². The molecule has 1 rings (SSSR count). The summed E-state index contributed by atoms with van der Waals surface area (Å²) in [5.74, 6) is 1.57. The van der Waals surface area contributed by atoms with Crippen molar-refractivity contribution in [2.24, 2.45) is 11.8 Å². The zero-order valence-corrected chi connectivity index (χ0v) is 8.57. The van der Waals surface area contributed by atoms with Gasteiger partial charge in [-0.25, -0.2) is 0 Å². The third-order valence-electron chi connectivity index (χ3n) is 2.62. The Bertz CT molecular complexity index is 158. The summed E-state index contributed by atoms with van der Waals surface area (Å²) >= 11 is 4.61. The smallest absolute Gasteiger partial charge is 0.00875 e. The van der Waals surface area contributed by atoms with Crippen LogP contribution in [0.25, 0.3) is 0 Å². The van der Waals surface area contributed by atoms with Crippen molar-refractivity contribution in [1.82, 2.24) is 0 Å². The van der Waals surface area contributed by atoms with Crippen molar-refractivity contribution in [3.63, 3.8) is 0 Å². The Hall–Kier alpha value is 0.0900. The van der Waals surface area contributed by atoms with E-state index in [-0.39, 0.29) is 0 Å². The summed E-state index contributed by atoms with van der Waals surface area (Å²) in [4.78, 5) is 0. The molecule has 0 radical (unpaired) electrons. The summed E-state index contributed by atoms with van der Waals surface area (Å²) in [6.07, 6.45) is 4.79. The van der Waals surface area contributed by atoms with Gasteiger partial charge in [-0.05, 0) is 31.6 Å². The Morgan fingerprint density at radius 3 is 2.64 bits per heavy atom. The second-order valence-corrected chi connectivity index (χ2v) is 4.63. The predicted molar refractivity (Wildman–Crippen MR) is 54.1 cm³/mol. The van der Waals surface area contributed by atoms with Crippen LogP contribution in [0.1, 0.15) is 33.6 Å². The first-order valence-electron chi connectivity index (χ1n) is 4.45. The SMILES string of the molecule is CC1=CCC(C(C)C)C(S)C1. The van der Waals surface area contributed by atoms with E-state index in [1.165, 1.54) is 18.4 Å². The van der Waals surface area contributed by atoms with Crippen LogP contribution in [-0.2, 0) is 0 Å². The fourth-order valence-electron chi connectivity index (χ4n) is 1.78. The lowest BCUT2D eigenvalue weighted by Crippen LogP contribution is -2.23. The van der Waals surface area contributed by atoms with Gasteiger partial charge in [0.15, 0.2) is 0 Å². The third-order valence-corrected chi connectivity index (χ3v) is 3.19. The molecule has 2 unspecified atom stereocenters. The Balaban J connectivity index is 2.58. The van der Waals surface area contributed by atoms with Crippen LogP contribution < -0.4 is 0 Å². The molecule has 0 saturated heterocycles. The van der Waals surface area contributed by atoms with Gasteiger partial charge in [0.05, 0.1) is 0 Å². The average molecular weight is 170 g/mol. The molecule has 0 saturated carbocycles. The Morgan fingerprint density at radius 2 is 2.18 bits per heavy atom. The molecule has 0 aliphatic heterocycles. The number of rotatable bonds is 1. The minimum absolute atomic E-state index is 0.597. The molecule has 0 amide bonds. The quantitative estimate of drug-likeness (QED) is 0.453. The van der Waals surface area contributed by atoms with Crippen LogP contribution in [0.4, 0.5) is 0 Å². The van der Waals surface area contributed by atoms with E-state index in [2.05, 4.69) is 39.5 Å². The molecular formula is C10H18S. The van der Waals surface area contributed by atoms with E-state index in [9.17, 15) is 0 Å². The normalized spacial score (nSPS) is 32.3. The summed E-state index contributed by atoms with van der Waals surface area (Å²) < 4.78 is 0. The van der Waals surface area contributed by atoms with E-state index in [4.69, 9.17) is 0 Å². The molecule has 11 heavy (non-hydrogen) atoms. The maximum absolute atomic E-state index is 4.61. The zero-order valence-electron chi connectivity index (χ0n) is 7.67. The van der Waals surface area contributed by atoms with Gasteiger partial charge in [-0.3, -0.25) is 0 Å². The van der Waals surface area contributed by atoms with Gasteiger partial charge in [0, 0.05) is 5.25 Å². The Kier molecular flexibility index (Phi) is 3.06. The molecule has 1 heteroatoms. The van der Waals surface area contributed by atoms with Gasteiger partial charge in [0.25, 0.3) is 0 Å². The first-order chi connectivity index (χ1) is 5.11. The zero-order chi connectivity index (χ0) is 8.43. The van der Waals surface area contributed by atoms with Crippen LogP contribution in [0, 0.1) is 11.8 Å². The van der Waals surface area contributed by atoms with Gasteiger partial charge in [0.2, 0.25) is 0 Å². The summed E-state index contributed by atoms with van der Waals surface area (Å²) in [5, 5.41) is 0.597. The monoisotopic (exact) mass is 170 g/mol. The van der Waals surface area contributed by atoms with E-state index < -0.39 is 0 Å². The van der Waals surface area contributed by atoms with Crippen LogP contribution in [0.3, 0.4) is 0 Å². The van der Waals surface area contributed by atoms with Gasteiger partial charge in [-0.2, -0.15) is 12.6 Å². The van der Waals surface area contributed by atoms with Crippen molar-refractivity contribution >= 4 is 12.6 Å². The highest BCUT2D eigenvalue weighted by atomic mass is 32.1. The standard InChI is InChI=1S/C10H18S/c1-7(2)9-5-4-8(3)6-10(9)11/h4,7,9-11H,5-6H2,1-3H3. The average Bonchev–Trinajstić information content (AvgIpc) is 1.85. The molecule has 0 nitrogen and oxygen atoms in total. The summed E-state index contributed by atoms with van der Waals surface area (Å²) in [6, 6.07) is 0. The van der Waals surface area contributed by atoms with Crippen molar-refractivity contribution in [2.45, 2.75) is 38.9 Å². The van der Waals surface area contributed by atoms with Crippen LogP contribution in [-0.4, -0.2) is 5.25 Å². The van der Waals surface area contributed by atoms with Gasteiger partial charge in [0.1, 0.15) is 0 Å². The predicted octanol–water partition coefficient (Wildman–Crippen LogP) is 3.30. The molecule has 0 aromatic carbocycles. The van der Waals surface area contributed by atoms with Crippen LogP contribution in [0.15, 0.2) is 11.6 Å². The van der Waals surface area contributed by atoms with Crippen LogP contribution in [0.2, 0.25) is 0 Å². The molecule has 2 atom stereocenters. The second-order valence-electron chi connectivity index (χ2n) is 3.97. The number of allylic oxidation sites excluding steroid dienone is 2. The molecule has 0 heterocycles. The third kappa shape index (κ3) is 2.26. The largest absolute Gasteiger partial charge is 0.175 e. The van der Waals surface area contributed by atoms with Crippen molar-refractivity contribution in [2.75, 3.05) is 0 Å². The maximum atomic E-state index is 4.61. The molecule has 64 valence electrons. The lowest BCUT2D eigenvalue weighted by Gasteiger charge is -2.29. The van der Waals surface area contributed by atoms with Crippen molar-refractivity contribution in [3.05, 3.63) is 11.6 Å². The minimum Gasteiger partial charge on any atom is -0.175 e. The summed E-state index contributed by atoms with van der Waals surface area (Å²) in [6.45, 7) is 6.80. The van der Waals surface area contributed by atoms with E-state index in [1.54, 1.807) is 0 Å². The first kappa shape index (κ1) is 9.18. The highest BCUT2D eigenvalue weighted by Gasteiger charge is 2.23. The highest BCUT2D eigenvalue weighted by molar-refractivity contribution is 7.81. The van der Waals surface area contributed by atoms with Gasteiger partial charge < -0.3 is 0 Å². The van der Waals surface area contributed by atoms with Crippen molar-refractivity contribution in [1.29, 1.82) is 0 Å². The topological polar surface area (TPSA) is 0 Å². The lowest BCUT2D eigenvalue weighted by atomic mass is 9.82. The molecule has 0 aromatic heterocycles. The molecule has 0 N–H and O–H groups in total. The highest BCUT2D eigenvalue weighted by Crippen LogP contribution is 2.32. The van der Waals surface area contributed by atoms with Crippen LogP contribution in [0.5, 0.6) is 0 Å². The molecule has 0 bridgehead atoms. The molecule has 0 fully saturated rings. The fraction of sp³-hybridized carbons (Fsp3) is 0.800. The van der Waals surface area contributed by atoms with E-state index in [1.807, 2.05) is 0 Å². The molecule has 0 aromatic rings. The van der Waals surface area contributed by atoms with E-state index >= 15 is 0 Å². The molecule has 1 aliphatic carbocycles. The van der Waals surface area contributed by atoms with E-state index in [0.717, 1.165) is 11.8 Å². The molecular weight excluding hydrogens is 152 g/mol. The summed E-state index contributed by atoms with van der Waals surface area (Å²) in [5.41, 5.74) is 1.52. The Morgan fingerprint density at radius 1 is 1.55 bits per heavy atom. The summed E-state index contributed by atoms with van der Waals surface area (Å²) in [7, 11) is 0. The fourth-order valence-corrected chi connectivity index (χ4v) is 2.53. The van der Waals surface area contributed by atoms with Crippen molar-refractivity contribution < 1.29 is 0 Å². The lowest BCUT2D eigenvalue weighted by molar-refractivity contribution is 0.362.